The van der Waals surface area contributed by atoms with E-state index < -0.39 is 5.97 Å². The molecule has 0 amide bonds. The third-order valence-electron chi connectivity index (χ3n) is 5.14. The zero-order valence-electron chi connectivity index (χ0n) is 15.7. The van der Waals surface area contributed by atoms with Crippen LogP contribution in [0.1, 0.15) is 67.4 Å². The minimum absolute atomic E-state index is 0.0508. The molecule has 1 aliphatic rings. The van der Waals surface area contributed by atoms with Crippen molar-refractivity contribution in [3.8, 4) is 11.5 Å². The van der Waals surface area contributed by atoms with Gasteiger partial charge in [0, 0.05) is 11.5 Å². The number of phenolic OH excluding ortho intramolecular Hbond substituents is 1. The molecule has 0 saturated heterocycles. The number of aryl methyl sites for hydroxylation is 1. The number of hydrogen-bond donors (Lipinski definition) is 3. The molecule has 0 saturated carbocycles. The molecule has 4 heteroatoms. The lowest BCUT2D eigenvalue weighted by Gasteiger charge is -2.32. The Morgan fingerprint density at radius 2 is 2.08 bits per heavy atom. The second-order valence-electron chi connectivity index (χ2n) is 7.14. The van der Waals surface area contributed by atoms with Crippen LogP contribution in [-0.2, 0) is 6.42 Å². The fourth-order valence-corrected chi connectivity index (χ4v) is 3.80. The summed E-state index contributed by atoms with van der Waals surface area (Å²) >= 11 is 0. The zero-order chi connectivity index (χ0) is 19.4. The molecule has 2 atom stereocenters. The molecule has 1 aromatic carbocycles. The number of aromatic hydroxyl groups is 2. The lowest BCUT2D eigenvalue weighted by molar-refractivity contribution is 0.0692. The van der Waals surface area contributed by atoms with Crippen LogP contribution in [-0.4, -0.2) is 21.3 Å². The highest BCUT2D eigenvalue weighted by atomic mass is 16.4. The smallest absolute Gasteiger partial charge is 0.339 e. The second-order valence-corrected chi connectivity index (χ2v) is 7.14. The summed E-state index contributed by atoms with van der Waals surface area (Å²) in [6.07, 6.45) is 8.72. The van der Waals surface area contributed by atoms with E-state index in [4.69, 9.17) is 0 Å². The van der Waals surface area contributed by atoms with Crippen LogP contribution in [0.4, 0.5) is 0 Å². The van der Waals surface area contributed by atoms with Gasteiger partial charge in [-0.25, -0.2) is 4.79 Å². The molecule has 0 unspecified atom stereocenters. The van der Waals surface area contributed by atoms with Crippen LogP contribution in [0.3, 0.4) is 0 Å². The summed E-state index contributed by atoms with van der Waals surface area (Å²) in [5.74, 6) is -1.77. The van der Waals surface area contributed by atoms with Crippen molar-refractivity contribution in [3.63, 3.8) is 0 Å². The Morgan fingerprint density at radius 1 is 1.38 bits per heavy atom. The Morgan fingerprint density at radius 3 is 2.65 bits per heavy atom. The SMILES string of the molecule is C=C(C)[C@@H]1CCC(C)=C[C@H]1c1c(O)cc(CC/C=C/C)c(C(=O)O)c1O. The molecular formula is C22H28O4. The summed E-state index contributed by atoms with van der Waals surface area (Å²) in [6, 6.07) is 1.50. The lowest BCUT2D eigenvalue weighted by atomic mass is 9.73. The van der Waals surface area contributed by atoms with E-state index in [1.807, 2.05) is 39.0 Å². The molecule has 26 heavy (non-hydrogen) atoms. The summed E-state index contributed by atoms with van der Waals surface area (Å²) in [7, 11) is 0. The highest BCUT2D eigenvalue weighted by Crippen LogP contribution is 2.48. The fourth-order valence-electron chi connectivity index (χ4n) is 3.80. The molecule has 0 aliphatic heterocycles. The first-order valence-electron chi connectivity index (χ1n) is 9.02. The minimum atomic E-state index is -1.18. The average molecular weight is 356 g/mol. The fraction of sp³-hybridized carbons (Fsp3) is 0.409. The Kier molecular flexibility index (Phi) is 6.30. The Hall–Kier alpha value is -2.49. The first kappa shape index (κ1) is 19.8. The molecule has 140 valence electrons. The molecule has 0 radical (unpaired) electrons. The van der Waals surface area contributed by atoms with E-state index in [0.717, 1.165) is 18.4 Å². The van der Waals surface area contributed by atoms with Crippen LogP contribution < -0.4 is 0 Å². The third kappa shape index (κ3) is 4.01. The van der Waals surface area contributed by atoms with Crippen molar-refractivity contribution in [2.24, 2.45) is 5.92 Å². The molecular weight excluding hydrogens is 328 g/mol. The number of carbonyl (C=O) groups is 1. The van der Waals surface area contributed by atoms with Crippen LogP contribution in [0.2, 0.25) is 0 Å². The number of carboxylic acids is 1. The van der Waals surface area contributed by atoms with Gasteiger partial charge in [-0.05, 0) is 64.0 Å². The maximum Gasteiger partial charge on any atom is 0.339 e. The van der Waals surface area contributed by atoms with E-state index in [9.17, 15) is 20.1 Å². The zero-order valence-corrected chi connectivity index (χ0v) is 15.7. The van der Waals surface area contributed by atoms with Crippen molar-refractivity contribution < 1.29 is 20.1 Å². The highest BCUT2D eigenvalue weighted by molar-refractivity contribution is 5.94. The van der Waals surface area contributed by atoms with Gasteiger partial charge in [0.15, 0.2) is 0 Å². The van der Waals surface area contributed by atoms with Gasteiger partial charge in [0.1, 0.15) is 17.1 Å². The summed E-state index contributed by atoms with van der Waals surface area (Å²) in [5.41, 5.74) is 2.76. The number of benzene rings is 1. The molecule has 0 aromatic heterocycles. The Labute approximate surface area is 155 Å². The van der Waals surface area contributed by atoms with Crippen molar-refractivity contribution in [1.82, 2.24) is 0 Å². The van der Waals surface area contributed by atoms with Gasteiger partial charge in [-0.1, -0.05) is 36.0 Å². The average Bonchev–Trinajstić information content (AvgIpc) is 2.54. The number of carboxylic acid groups (broad SMARTS) is 1. The van der Waals surface area contributed by atoms with Crippen LogP contribution in [0, 0.1) is 5.92 Å². The molecule has 4 nitrogen and oxygen atoms in total. The largest absolute Gasteiger partial charge is 0.507 e. The molecule has 1 aliphatic carbocycles. The van der Waals surface area contributed by atoms with Gasteiger partial charge in [0.2, 0.25) is 0 Å². The molecule has 0 spiro atoms. The number of allylic oxidation sites excluding steroid dienone is 5. The minimum Gasteiger partial charge on any atom is -0.507 e. The van der Waals surface area contributed by atoms with Gasteiger partial charge in [-0.15, -0.1) is 0 Å². The van der Waals surface area contributed by atoms with Gasteiger partial charge in [0.05, 0.1) is 0 Å². The van der Waals surface area contributed by atoms with Crippen LogP contribution >= 0.6 is 0 Å². The van der Waals surface area contributed by atoms with Crippen LogP contribution in [0.5, 0.6) is 11.5 Å². The lowest BCUT2D eigenvalue weighted by Crippen LogP contribution is -2.18. The Balaban J connectivity index is 2.61. The summed E-state index contributed by atoms with van der Waals surface area (Å²) in [6.45, 7) is 9.89. The normalized spacial score (nSPS) is 20.2. The number of hydrogen-bond acceptors (Lipinski definition) is 3. The first-order chi connectivity index (χ1) is 12.3. The summed E-state index contributed by atoms with van der Waals surface area (Å²) in [5, 5.41) is 31.1. The molecule has 1 aromatic rings. The maximum absolute atomic E-state index is 11.8. The van der Waals surface area contributed by atoms with Crippen LogP contribution in [0.15, 0.2) is 42.0 Å². The molecule has 0 heterocycles. The van der Waals surface area contributed by atoms with E-state index in [2.05, 4.69) is 6.58 Å². The van der Waals surface area contributed by atoms with Gasteiger partial charge < -0.3 is 15.3 Å². The third-order valence-corrected chi connectivity index (χ3v) is 5.14. The quantitative estimate of drug-likeness (QED) is 0.603. The predicted octanol–water partition coefficient (Wildman–Crippen LogP) is 5.32. The second kappa shape index (κ2) is 8.26. The topological polar surface area (TPSA) is 77.8 Å². The van der Waals surface area contributed by atoms with Crippen molar-refractivity contribution in [1.29, 1.82) is 0 Å². The number of rotatable bonds is 6. The standard InChI is InChI=1S/C22H28O4/c1-5-6-7-8-15-12-18(23)20(21(24)19(15)22(25)26)17-11-14(4)9-10-16(17)13(2)3/h5-6,11-12,16-17,23-24H,2,7-10H2,1,3-4H3,(H,25,26)/b6-5+/t16-,17+/m0/s1. The van der Waals surface area contributed by atoms with Crippen LogP contribution in [0.25, 0.3) is 0 Å². The van der Waals surface area contributed by atoms with Gasteiger partial charge in [-0.2, -0.15) is 0 Å². The van der Waals surface area contributed by atoms with E-state index in [1.165, 1.54) is 11.6 Å². The van der Waals surface area contributed by atoms with Gasteiger partial charge in [-0.3, -0.25) is 0 Å². The number of aromatic carboxylic acids is 1. The summed E-state index contributed by atoms with van der Waals surface area (Å²) in [4.78, 5) is 11.8. The van der Waals surface area contributed by atoms with Gasteiger partial charge >= 0.3 is 5.97 Å². The maximum atomic E-state index is 11.8. The van der Waals surface area contributed by atoms with E-state index >= 15 is 0 Å². The highest BCUT2D eigenvalue weighted by Gasteiger charge is 2.32. The van der Waals surface area contributed by atoms with Gasteiger partial charge in [0.25, 0.3) is 0 Å². The van der Waals surface area contributed by atoms with Crippen molar-refractivity contribution in [3.05, 3.63) is 58.7 Å². The molecule has 0 fully saturated rings. The Bertz CT molecular complexity index is 771. The predicted molar refractivity (Wildman–Crippen MR) is 104 cm³/mol. The molecule has 0 bridgehead atoms. The van der Waals surface area contributed by atoms with Crippen molar-refractivity contribution in [2.75, 3.05) is 0 Å². The molecule has 3 N–H and O–H groups in total. The van der Waals surface area contributed by atoms with Crippen molar-refractivity contribution in [2.45, 2.75) is 52.4 Å². The first-order valence-corrected chi connectivity index (χ1v) is 9.02. The summed E-state index contributed by atoms with van der Waals surface area (Å²) < 4.78 is 0. The number of phenols is 2. The molecule has 2 rings (SSSR count). The van der Waals surface area contributed by atoms with Crippen molar-refractivity contribution >= 4 is 5.97 Å². The monoisotopic (exact) mass is 356 g/mol. The van der Waals surface area contributed by atoms with E-state index in [0.29, 0.717) is 24.0 Å². The van der Waals surface area contributed by atoms with E-state index in [1.54, 1.807) is 0 Å². The van der Waals surface area contributed by atoms with E-state index in [-0.39, 0.29) is 28.9 Å².